The molecule has 3 nitrogen and oxygen atoms in total. The van der Waals surface area contributed by atoms with Gasteiger partial charge in [0.25, 0.3) is 0 Å². The van der Waals surface area contributed by atoms with Gasteiger partial charge in [-0.15, -0.1) is 0 Å². The fourth-order valence-electron chi connectivity index (χ4n) is 2.70. The second-order valence-corrected chi connectivity index (χ2v) is 5.03. The first kappa shape index (κ1) is 12.3. The molecule has 0 aromatic rings. The molecule has 0 amide bonds. The Labute approximate surface area is 98.4 Å². The molecule has 3 heteroatoms. The summed E-state index contributed by atoms with van der Waals surface area (Å²) in [5.74, 6) is 0.747. The summed E-state index contributed by atoms with van der Waals surface area (Å²) in [7, 11) is 1.79. The van der Waals surface area contributed by atoms with Gasteiger partial charge in [-0.3, -0.25) is 0 Å². The quantitative estimate of drug-likeness (QED) is 0.740. The van der Waals surface area contributed by atoms with E-state index in [1.165, 1.54) is 38.5 Å². The van der Waals surface area contributed by atoms with E-state index in [-0.39, 0.29) is 6.29 Å². The van der Waals surface area contributed by atoms with E-state index in [4.69, 9.17) is 14.2 Å². The Morgan fingerprint density at radius 3 is 2.50 bits per heavy atom. The molecule has 1 saturated carbocycles. The number of hydrogen-bond acceptors (Lipinski definition) is 3. The molecule has 2 fully saturated rings. The van der Waals surface area contributed by atoms with Crippen LogP contribution in [0, 0.1) is 5.92 Å². The topological polar surface area (TPSA) is 27.7 Å². The highest BCUT2D eigenvalue weighted by molar-refractivity contribution is 4.73. The Morgan fingerprint density at radius 2 is 1.88 bits per heavy atom. The van der Waals surface area contributed by atoms with Crippen LogP contribution in [-0.4, -0.2) is 32.7 Å². The summed E-state index contributed by atoms with van der Waals surface area (Å²) in [4.78, 5) is 0. The molecule has 1 heterocycles. The standard InChI is InChI=1S/C13H24O3/c1-14-10-11-5-7-12(8-6-11)16-13-4-2-3-9-15-13/h11-13H,2-10H2,1H3. The van der Waals surface area contributed by atoms with Gasteiger partial charge in [0.1, 0.15) is 0 Å². The molecule has 0 bridgehead atoms. The highest BCUT2D eigenvalue weighted by Crippen LogP contribution is 2.28. The van der Waals surface area contributed by atoms with Gasteiger partial charge in [-0.25, -0.2) is 0 Å². The number of rotatable bonds is 4. The maximum Gasteiger partial charge on any atom is 0.157 e. The predicted molar refractivity (Wildman–Crippen MR) is 62.3 cm³/mol. The van der Waals surface area contributed by atoms with Crippen LogP contribution in [0.25, 0.3) is 0 Å². The lowest BCUT2D eigenvalue weighted by Gasteiger charge is -2.32. The zero-order valence-corrected chi connectivity index (χ0v) is 10.3. The van der Waals surface area contributed by atoms with E-state index in [9.17, 15) is 0 Å². The molecule has 1 saturated heterocycles. The summed E-state index contributed by atoms with van der Waals surface area (Å²) >= 11 is 0. The minimum absolute atomic E-state index is 0.0812. The van der Waals surface area contributed by atoms with Crippen molar-refractivity contribution in [2.45, 2.75) is 57.3 Å². The van der Waals surface area contributed by atoms with E-state index < -0.39 is 0 Å². The SMILES string of the molecule is COCC1CCC(OC2CCCCO2)CC1. The van der Waals surface area contributed by atoms with Crippen molar-refractivity contribution in [3.63, 3.8) is 0 Å². The van der Waals surface area contributed by atoms with Crippen LogP contribution in [0.4, 0.5) is 0 Å². The molecule has 94 valence electrons. The van der Waals surface area contributed by atoms with Crippen LogP contribution in [-0.2, 0) is 14.2 Å². The molecule has 1 atom stereocenters. The maximum absolute atomic E-state index is 6.00. The average molecular weight is 228 g/mol. The Hall–Kier alpha value is -0.120. The van der Waals surface area contributed by atoms with Crippen LogP contribution in [0.1, 0.15) is 44.9 Å². The van der Waals surface area contributed by atoms with Gasteiger partial charge < -0.3 is 14.2 Å². The Balaban J connectivity index is 1.64. The molecule has 1 aliphatic carbocycles. The smallest absolute Gasteiger partial charge is 0.157 e. The molecule has 0 N–H and O–H groups in total. The molecule has 0 aromatic carbocycles. The van der Waals surface area contributed by atoms with E-state index in [1.807, 2.05) is 0 Å². The first-order valence-corrected chi connectivity index (χ1v) is 6.64. The van der Waals surface area contributed by atoms with Crippen molar-refractivity contribution in [1.82, 2.24) is 0 Å². The highest BCUT2D eigenvalue weighted by atomic mass is 16.7. The van der Waals surface area contributed by atoms with Gasteiger partial charge in [0.05, 0.1) is 6.10 Å². The monoisotopic (exact) mass is 228 g/mol. The minimum Gasteiger partial charge on any atom is -0.384 e. The summed E-state index contributed by atoms with van der Waals surface area (Å²) in [5.41, 5.74) is 0. The molecule has 0 radical (unpaired) electrons. The third-order valence-electron chi connectivity index (χ3n) is 3.68. The Kier molecular flexibility index (Phi) is 5.07. The first-order valence-electron chi connectivity index (χ1n) is 6.64. The van der Waals surface area contributed by atoms with Gasteiger partial charge >= 0.3 is 0 Å². The average Bonchev–Trinajstić information content (AvgIpc) is 2.33. The summed E-state index contributed by atoms with van der Waals surface area (Å²) in [6.45, 7) is 1.79. The number of ether oxygens (including phenoxy) is 3. The molecular weight excluding hydrogens is 204 g/mol. The molecule has 0 aromatic heterocycles. The predicted octanol–water partition coefficient (Wildman–Crippen LogP) is 2.73. The van der Waals surface area contributed by atoms with Crippen molar-refractivity contribution >= 4 is 0 Å². The third kappa shape index (κ3) is 3.72. The van der Waals surface area contributed by atoms with Crippen LogP contribution < -0.4 is 0 Å². The van der Waals surface area contributed by atoms with Gasteiger partial charge in [0, 0.05) is 20.3 Å². The van der Waals surface area contributed by atoms with Crippen molar-refractivity contribution in [2.24, 2.45) is 5.92 Å². The Morgan fingerprint density at radius 1 is 1.06 bits per heavy atom. The molecule has 16 heavy (non-hydrogen) atoms. The molecule has 1 unspecified atom stereocenters. The minimum atomic E-state index is 0.0812. The van der Waals surface area contributed by atoms with E-state index in [0.717, 1.165) is 25.6 Å². The summed E-state index contributed by atoms with van der Waals surface area (Å²) in [6, 6.07) is 0. The summed E-state index contributed by atoms with van der Waals surface area (Å²) < 4.78 is 16.8. The first-order chi connectivity index (χ1) is 7.88. The highest BCUT2D eigenvalue weighted by Gasteiger charge is 2.25. The fourth-order valence-corrected chi connectivity index (χ4v) is 2.70. The second kappa shape index (κ2) is 6.58. The molecule has 0 spiro atoms. The van der Waals surface area contributed by atoms with Crippen LogP contribution in [0.2, 0.25) is 0 Å². The second-order valence-electron chi connectivity index (χ2n) is 5.03. The number of hydrogen-bond donors (Lipinski definition) is 0. The van der Waals surface area contributed by atoms with Gasteiger partial charge in [-0.2, -0.15) is 0 Å². The van der Waals surface area contributed by atoms with Gasteiger partial charge in [-0.1, -0.05) is 0 Å². The Bertz CT molecular complexity index is 182. The van der Waals surface area contributed by atoms with Gasteiger partial charge in [0.15, 0.2) is 6.29 Å². The van der Waals surface area contributed by atoms with Gasteiger partial charge in [-0.05, 0) is 50.9 Å². The van der Waals surface area contributed by atoms with E-state index in [0.29, 0.717) is 6.10 Å². The van der Waals surface area contributed by atoms with E-state index in [1.54, 1.807) is 7.11 Å². The normalized spacial score (nSPS) is 36.2. The summed E-state index contributed by atoms with van der Waals surface area (Å²) in [5, 5.41) is 0. The van der Waals surface area contributed by atoms with Crippen molar-refractivity contribution in [2.75, 3.05) is 20.3 Å². The van der Waals surface area contributed by atoms with E-state index >= 15 is 0 Å². The van der Waals surface area contributed by atoms with Crippen LogP contribution in [0.3, 0.4) is 0 Å². The lowest BCUT2D eigenvalue weighted by molar-refractivity contribution is -0.195. The molecular formula is C13H24O3. The maximum atomic E-state index is 6.00. The zero-order chi connectivity index (χ0) is 11.2. The molecule has 2 rings (SSSR count). The largest absolute Gasteiger partial charge is 0.384 e. The van der Waals surface area contributed by atoms with Crippen LogP contribution >= 0.6 is 0 Å². The molecule has 2 aliphatic rings. The fraction of sp³-hybridized carbons (Fsp3) is 1.00. The van der Waals surface area contributed by atoms with Crippen LogP contribution in [0.5, 0.6) is 0 Å². The van der Waals surface area contributed by atoms with E-state index in [2.05, 4.69) is 0 Å². The molecule has 1 aliphatic heterocycles. The third-order valence-corrected chi connectivity index (χ3v) is 3.68. The van der Waals surface area contributed by atoms with Gasteiger partial charge in [0.2, 0.25) is 0 Å². The lowest BCUT2D eigenvalue weighted by Crippen LogP contribution is -2.31. The number of methoxy groups -OCH3 is 1. The van der Waals surface area contributed by atoms with Crippen molar-refractivity contribution in [3.05, 3.63) is 0 Å². The van der Waals surface area contributed by atoms with Crippen molar-refractivity contribution in [1.29, 1.82) is 0 Å². The zero-order valence-electron chi connectivity index (χ0n) is 10.3. The van der Waals surface area contributed by atoms with Crippen LogP contribution in [0.15, 0.2) is 0 Å². The lowest BCUT2D eigenvalue weighted by atomic mass is 9.88. The van der Waals surface area contributed by atoms with Crippen molar-refractivity contribution < 1.29 is 14.2 Å². The summed E-state index contributed by atoms with van der Waals surface area (Å²) in [6.07, 6.45) is 8.87. The van der Waals surface area contributed by atoms with Crippen molar-refractivity contribution in [3.8, 4) is 0 Å².